The van der Waals surface area contributed by atoms with Crippen molar-refractivity contribution in [2.45, 2.75) is 16.7 Å². The molecule has 1 amide bonds. The SMILES string of the molecule is Cc1occc1C(=O)N1CCN(c2ccc(S(N)(=O)=O)cc2S(C)(=O)=O)CC1. The van der Waals surface area contributed by atoms with Crippen LogP contribution < -0.4 is 10.0 Å². The Kier molecular flexibility index (Phi) is 5.26. The molecule has 1 fully saturated rings. The lowest BCUT2D eigenvalue weighted by atomic mass is 10.2. The van der Waals surface area contributed by atoms with E-state index in [-0.39, 0.29) is 15.7 Å². The summed E-state index contributed by atoms with van der Waals surface area (Å²) < 4.78 is 52.7. The summed E-state index contributed by atoms with van der Waals surface area (Å²) in [5.41, 5.74) is 0.893. The maximum Gasteiger partial charge on any atom is 0.257 e. The van der Waals surface area contributed by atoms with Crippen molar-refractivity contribution in [3.63, 3.8) is 0 Å². The molecule has 2 aromatic rings. The number of anilines is 1. The Morgan fingerprint density at radius 3 is 2.21 bits per heavy atom. The van der Waals surface area contributed by atoms with Crippen LogP contribution in [0, 0.1) is 6.92 Å². The fourth-order valence-corrected chi connectivity index (χ4v) is 4.69. The number of hydrogen-bond acceptors (Lipinski definition) is 7. The number of piperazine rings is 1. The van der Waals surface area contributed by atoms with Gasteiger partial charge in [-0.05, 0) is 31.2 Å². The minimum Gasteiger partial charge on any atom is -0.469 e. The van der Waals surface area contributed by atoms with Crippen molar-refractivity contribution in [2.24, 2.45) is 5.14 Å². The summed E-state index contributed by atoms with van der Waals surface area (Å²) in [6, 6.07) is 5.42. The quantitative estimate of drug-likeness (QED) is 0.756. The van der Waals surface area contributed by atoms with Crippen LogP contribution in [0.25, 0.3) is 0 Å². The maximum absolute atomic E-state index is 12.6. The average Bonchev–Trinajstić information content (AvgIpc) is 3.05. The minimum atomic E-state index is -4.03. The van der Waals surface area contributed by atoms with Crippen LogP contribution in [-0.4, -0.2) is 60.1 Å². The highest BCUT2D eigenvalue weighted by molar-refractivity contribution is 7.91. The van der Waals surface area contributed by atoms with E-state index in [0.717, 1.165) is 12.3 Å². The summed E-state index contributed by atoms with van der Waals surface area (Å²) in [4.78, 5) is 15.7. The first kappa shape index (κ1) is 20.4. The van der Waals surface area contributed by atoms with Crippen molar-refractivity contribution in [1.29, 1.82) is 0 Å². The predicted octanol–water partition coefficient (Wildman–Crippen LogP) is 0.601. The normalized spacial score (nSPS) is 15.7. The number of rotatable bonds is 4. The van der Waals surface area contributed by atoms with Crippen LogP contribution in [0.3, 0.4) is 0 Å². The molecular weight excluding hydrogens is 406 g/mol. The molecule has 0 atom stereocenters. The van der Waals surface area contributed by atoms with Gasteiger partial charge in [-0.2, -0.15) is 0 Å². The van der Waals surface area contributed by atoms with Crippen molar-refractivity contribution >= 4 is 31.5 Å². The number of carbonyl (C=O) groups is 1. The van der Waals surface area contributed by atoms with Gasteiger partial charge in [0.05, 0.1) is 27.3 Å². The first-order chi connectivity index (χ1) is 13.0. The second-order valence-corrected chi connectivity index (χ2v) is 10.2. The van der Waals surface area contributed by atoms with E-state index in [9.17, 15) is 21.6 Å². The highest BCUT2D eigenvalue weighted by Gasteiger charge is 2.27. The molecule has 1 aromatic heterocycles. The maximum atomic E-state index is 12.6. The van der Waals surface area contributed by atoms with E-state index in [1.807, 2.05) is 4.90 Å². The van der Waals surface area contributed by atoms with E-state index < -0.39 is 19.9 Å². The lowest BCUT2D eigenvalue weighted by Gasteiger charge is -2.36. The van der Waals surface area contributed by atoms with Crippen LogP contribution in [0.15, 0.2) is 44.7 Å². The molecule has 1 saturated heterocycles. The Labute approximate surface area is 163 Å². The molecule has 2 heterocycles. The Bertz CT molecular complexity index is 1110. The molecule has 3 rings (SSSR count). The molecule has 0 radical (unpaired) electrons. The molecule has 0 saturated carbocycles. The smallest absolute Gasteiger partial charge is 0.257 e. The number of aryl methyl sites for hydroxylation is 1. The second kappa shape index (κ2) is 7.22. The van der Waals surface area contributed by atoms with E-state index in [2.05, 4.69) is 0 Å². The summed E-state index contributed by atoms with van der Waals surface area (Å²) in [5.74, 6) is 0.407. The van der Waals surface area contributed by atoms with Gasteiger partial charge in [0.2, 0.25) is 10.0 Å². The van der Waals surface area contributed by atoms with Gasteiger partial charge in [-0.15, -0.1) is 0 Å². The molecule has 0 unspecified atom stereocenters. The number of primary sulfonamides is 1. The van der Waals surface area contributed by atoms with Gasteiger partial charge in [0.1, 0.15) is 5.76 Å². The van der Waals surface area contributed by atoms with Crippen LogP contribution in [0.4, 0.5) is 5.69 Å². The molecule has 1 aliphatic rings. The number of hydrogen-bond donors (Lipinski definition) is 1. The highest BCUT2D eigenvalue weighted by Crippen LogP contribution is 2.29. The number of sulfone groups is 1. The van der Waals surface area contributed by atoms with Gasteiger partial charge in [0, 0.05) is 32.4 Å². The number of carbonyl (C=O) groups excluding carboxylic acids is 1. The molecule has 28 heavy (non-hydrogen) atoms. The number of benzene rings is 1. The summed E-state index contributed by atoms with van der Waals surface area (Å²) in [5, 5.41) is 5.12. The van der Waals surface area contributed by atoms with Gasteiger partial charge in [0.25, 0.3) is 5.91 Å². The first-order valence-electron chi connectivity index (χ1n) is 8.43. The summed E-state index contributed by atoms with van der Waals surface area (Å²) >= 11 is 0. The lowest BCUT2D eigenvalue weighted by molar-refractivity contribution is 0.0745. The number of amides is 1. The number of nitrogens with zero attached hydrogens (tertiary/aromatic N) is 2. The Hall–Kier alpha value is -2.37. The standard InChI is InChI=1S/C17H21N3O6S2/c1-12-14(5-10-26-12)17(21)20-8-6-19(7-9-20)15-4-3-13(28(18,24)25)11-16(15)27(2,22)23/h3-5,10-11H,6-9H2,1-2H3,(H2,18,24,25). The Morgan fingerprint density at radius 1 is 1.07 bits per heavy atom. The van der Waals surface area contributed by atoms with Gasteiger partial charge in [-0.3, -0.25) is 4.79 Å². The molecule has 2 N–H and O–H groups in total. The van der Waals surface area contributed by atoms with Crippen molar-refractivity contribution in [3.8, 4) is 0 Å². The molecule has 1 aliphatic heterocycles. The van der Waals surface area contributed by atoms with Gasteiger partial charge < -0.3 is 14.2 Å². The van der Waals surface area contributed by atoms with Gasteiger partial charge in [0.15, 0.2) is 9.84 Å². The second-order valence-electron chi connectivity index (χ2n) is 6.62. The number of sulfonamides is 1. The van der Waals surface area contributed by atoms with Crippen molar-refractivity contribution < 1.29 is 26.0 Å². The van der Waals surface area contributed by atoms with Crippen molar-refractivity contribution in [2.75, 3.05) is 37.3 Å². The summed E-state index contributed by atoms with van der Waals surface area (Å²) in [6.07, 6.45) is 2.48. The zero-order valence-electron chi connectivity index (χ0n) is 15.5. The van der Waals surface area contributed by atoms with Crippen LogP contribution in [0.1, 0.15) is 16.1 Å². The molecule has 1 aromatic carbocycles. The molecule has 0 spiro atoms. The minimum absolute atomic E-state index is 0.107. The van der Waals surface area contributed by atoms with Gasteiger partial charge in [-0.25, -0.2) is 22.0 Å². The topological polar surface area (TPSA) is 131 Å². The third kappa shape index (κ3) is 4.05. The molecule has 11 heteroatoms. The van der Waals surface area contributed by atoms with E-state index in [1.54, 1.807) is 17.9 Å². The van der Waals surface area contributed by atoms with E-state index in [4.69, 9.17) is 9.56 Å². The predicted molar refractivity (Wildman–Crippen MR) is 102 cm³/mol. The Morgan fingerprint density at radius 2 is 1.71 bits per heavy atom. The average molecular weight is 428 g/mol. The van der Waals surface area contributed by atoms with Crippen LogP contribution in [0.5, 0.6) is 0 Å². The zero-order valence-corrected chi connectivity index (χ0v) is 17.1. The highest BCUT2D eigenvalue weighted by atomic mass is 32.2. The van der Waals surface area contributed by atoms with Gasteiger partial charge in [-0.1, -0.05) is 0 Å². The number of furan rings is 1. The van der Waals surface area contributed by atoms with E-state index >= 15 is 0 Å². The Balaban J connectivity index is 1.84. The van der Waals surface area contributed by atoms with Crippen molar-refractivity contribution in [3.05, 3.63) is 41.9 Å². The summed E-state index contributed by atoms with van der Waals surface area (Å²) in [6.45, 7) is 3.31. The third-order valence-electron chi connectivity index (χ3n) is 4.66. The number of nitrogens with two attached hydrogens (primary N) is 1. The zero-order chi connectivity index (χ0) is 20.7. The van der Waals surface area contributed by atoms with E-state index in [0.29, 0.717) is 43.2 Å². The monoisotopic (exact) mass is 427 g/mol. The lowest BCUT2D eigenvalue weighted by Crippen LogP contribution is -2.49. The molecule has 0 aliphatic carbocycles. The van der Waals surface area contributed by atoms with Crippen LogP contribution in [-0.2, 0) is 19.9 Å². The van der Waals surface area contributed by atoms with E-state index in [1.165, 1.54) is 18.4 Å². The first-order valence-corrected chi connectivity index (χ1v) is 11.9. The van der Waals surface area contributed by atoms with Crippen LogP contribution >= 0.6 is 0 Å². The summed E-state index contributed by atoms with van der Waals surface area (Å²) in [7, 11) is -7.72. The molecule has 0 bridgehead atoms. The largest absolute Gasteiger partial charge is 0.469 e. The fraction of sp³-hybridized carbons (Fsp3) is 0.353. The molecular formula is C17H21N3O6S2. The molecule has 152 valence electrons. The van der Waals surface area contributed by atoms with Crippen molar-refractivity contribution in [1.82, 2.24) is 4.90 Å². The van der Waals surface area contributed by atoms with Gasteiger partial charge >= 0.3 is 0 Å². The fourth-order valence-electron chi connectivity index (χ4n) is 3.16. The van der Waals surface area contributed by atoms with Crippen LogP contribution in [0.2, 0.25) is 0 Å². The third-order valence-corrected chi connectivity index (χ3v) is 6.69. The molecule has 9 nitrogen and oxygen atoms in total.